The normalized spacial score (nSPS) is 13.5. The lowest BCUT2D eigenvalue weighted by Gasteiger charge is -2.11. The molecule has 7 heteroatoms. The molecule has 6 nitrogen and oxygen atoms in total. The van der Waals surface area contributed by atoms with Crippen LogP contribution in [0.3, 0.4) is 0 Å². The van der Waals surface area contributed by atoms with Crippen molar-refractivity contribution in [3.05, 3.63) is 58.8 Å². The first-order valence-electron chi connectivity index (χ1n) is 8.87. The van der Waals surface area contributed by atoms with Crippen LogP contribution in [0.5, 0.6) is 0 Å². The fourth-order valence-electron chi connectivity index (χ4n) is 2.97. The monoisotopic (exact) mass is 426 g/mol. The molecule has 1 heterocycles. The number of nitrogens with zero attached hydrogens (tertiary/aromatic N) is 2. The molecule has 2 N–H and O–H groups in total. The zero-order valence-corrected chi connectivity index (χ0v) is 16.2. The highest BCUT2D eigenvalue weighted by atomic mass is 79.9. The van der Waals surface area contributed by atoms with Gasteiger partial charge in [0.25, 0.3) is 0 Å². The van der Waals surface area contributed by atoms with Gasteiger partial charge in [-0.1, -0.05) is 28.1 Å². The van der Waals surface area contributed by atoms with Crippen molar-refractivity contribution in [3.8, 4) is 0 Å². The minimum atomic E-state index is -0.143. The number of anilines is 1. The summed E-state index contributed by atoms with van der Waals surface area (Å²) < 4.78 is 2.81. The van der Waals surface area contributed by atoms with E-state index in [9.17, 15) is 9.59 Å². The fraction of sp³-hybridized carbons (Fsp3) is 0.250. The Bertz CT molecular complexity index is 993. The van der Waals surface area contributed by atoms with Crippen molar-refractivity contribution in [2.24, 2.45) is 5.92 Å². The highest BCUT2D eigenvalue weighted by Gasteiger charge is 2.29. The average Bonchev–Trinajstić information content (AvgIpc) is 3.46. The van der Waals surface area contributed by atoms with E-state index in [0.29, 0.717) is 12.4 Å². The molecule has 0 spiro atoms. The van der Waals surface area contributed by atoms with Crippen molar-refractivity contribution in [3.63, 3.8) is 0 Å². The van der Waals surface area contributed by atoms with Gasteiger partial charge in [0.2, 0.25) is 11.8 Å². The second-order valence-electron chi connectivity index (χ2n) is 6.65. The number of amides is 2. The number of rotatable bonds is 6. The Morgan fingerprint density at radius 3 is 2.59 bits per heavy atom. The highest BCUT2D eigenvalue weighted by Crippen LogP contribution is 2.29. The van der Waals surface area contributed by atoms with E-state index in [-0.39, 0.29) is 24.3 Å². The molecule has 0 unspecified atom stereocenters. The van der Waals surface area contributed by atoms with Crippen LogP contribution < -0.4 is 10.6 Å². The number of para-hydroxylation sites is 2. The first-order chi connectivity index (χ1) is 13.1. The van der Waals surface area contributed by atoms with Crippen molar-refractivity contribution in [2.45, 2.75) is 25.9 Å². The largest absolute Gasteiger partial charge is 0.349 e. The quantitative estimate of drug-likeness (QED) is 0.633. The molecule has 0 atom stereocenters. The number of imidazole rings is 1. The number of aromatic nitrogens is 2. The molecule has 3 aromatic rings. The molecule has 1 aliphatic carbocycles. The predicted molar refractivity (Wildman–Crippen MR) is 107 cm³/mol. The Balaban J connectivity index is 1.53. The molecule has 4 rings (SSSR count). The first-order valence-corrected chi connectivity index (χ1v) is 9.67. The lowest BCUT2D eigenvalue weighted by molar-refractivity contribution is -0.122. The summed E-state index contributed by atoms with van der Waals surface area (Å²) in [6.07, 6.45) is 1.91. The van der Waals surface area contributed by atoms with Gasteiger partial charge in [0.1, 0.15) is 12.4 Å². The Morgan fingerprint density at radius 1 is 1.11 bits per heavy atom. The van der Waals surface area contributed by atoms with Gasteiger partial charge in [-0.15, -0.1) is 0 Å². The molecule has 0 bridgehead atoms. The van der Waals surface area contributed by atoms with Crippen molar-refractivity contribution in [1.29, 1.82) is 0 Å². The van der Waals surface area contributed by atoms with E-state index in [1.54, 1.807) is 0 Å². The summed E-state index contributed by atoms with van der Waals surface area (Å²) in [6.45, 7) is 0.445. The molecule has 0 radical (unpaired) electrons. The third-order valence-electron chi connectivity index (χ3n) is 4.53. The summed E-state index contributed by atoms with van der Waals surface area (Å²) in [6, 6.07) is 15.1. The van der Waals surface area contributed by atoms with Crippen LogP contribution in [0, 0.1) is 5.92 Å². The molecule has 1 aromatic heterocycles. The summed E-state index contributed by atoms with van der Waals surface area (Å²) in [4.78, 5) is 29.1. The van der Waals surface area contributed by atoms with Gasteiger partial charge < -0.3 is 15.2 Å². The van der Waals surface area contributed by atoms with Gasteiger partial charge in [-0.2, -0.15) is 0 Å². The summed E-state index contributed by atoms with van der Waals surface area (Å²) in [7, 11) is 0. The second-order valence-corrected chi connectivity index (χ2v) is 7.57. The van der Waals surface area contributed by atoms with E-state index in [0.717, 1.165) is 34.0 Å². The van der Waals surface area contributed by atoms with Crippen molar-refractivity contribution >= 4 is 44.5 Å². The minimum Gasteiger partial charge on any atom is -0.349 e. The van der Waals surface area contributed by atoms with Crippen LogP contribution in [0.1, 0.15) is 18.7 Å². The van der Waals surface area contributed by atoms with Gasteiger partial charge >= 0.3 is 0 Å². The van der Waals surface area contributed by atoms with Crippen LogP contribution in [0.25, 0.3) is 11.0 Å². The molecule has 27 heavy (non-hydrogen) atoms. The number of carbonyl (C=O) groups excluding carboxylic acids is 2. The minimum absolute atomic E-state index is 0.0629. The maximum Gasteiger partial charge on any atom is 0.244 e. The van der Waals surface area contributed by atoms with Gasteiger partial charge in [0.15, 0.2) is 0 Å². The number of nitrogens with one attached hydrogen (secondary N) is 2. The van der Waals surface area contributed by atoms with E-state index in [2.05, 4.69) is 31.5 Å². The van der Waals surface area contributed by atoms with E-state index in [4.69, 9.17) is 0 Å². The Kier molecular flexibility index (Phi) is 4.94. The Morgan fingerprint density at radius 2 is 1.85 bits per heavy atom. The van der Waals surface area contributed by atoms with Gasteiger partial charge in [-0.05, 0) is 49.2 Å². The zero-order valence-electron chi connectivity index (χ0n) is 14.6. The van der Waals surface area contributed by atoms with E-state index >= 15 is 0 Å². The molecule has 138 valence electrons. The van der Waals surface area contributed by atoms with Crippen LogP contribution in [-0.2, 0) is 22.7 Å². The summed E-state index contributed by atoms with van der Waals surface area (Å²) in [5, 5.41) is 5.83. The molecule has 0 aliphatic heterocycles. The van der Waals surface area contributed by atoms with Crippen molar-refractivity contribution in [2.75, 3.05) is 5.32 Å². The fourth-order valence-corrected chi connectivity index (χ4v) is 3.23. The number of carbonyl (C=O) groups is 2. The van der Waals surface area contributed by atoms with Gasteiger partial charge in [-0.3, -0.25) is 9.59 Å². The average molecular weight is 427 g/mol. The maximum absolute atomic E-state index is 12.6. The highest BCUT2D eigenvalue weighted by molar-refractivity contribution is 9.10. The van der Waals surface area contributed by atoms with E-state index < -0.39 is 0 Å². The molecule has 2 aromatic carbocycles. The van der Waals surface area contributed by atoms with E-state index in [1.165, 1.54) is 0 Å². The Hall–Kier alpha value is -2.67. The summed E-state index contributed by atoms with van der Waals surface area (Å²) in [5.41, 5.74) is 2.42. The van der Waals surface area contributed by atoms with Crippen LogP contribution >= 0.6 is 15.9 Å². The number of fused-ring (bicyclic) bond motifs is 1. The van der Waals surface area contributed by atoms with Crippen LogP contribution in [0.2, 0.25) is 0 Å². The van der Waals surface area contributed by atoms with Gasteiger partial charge in [0, 0.05) is 16.1 Å². The SMILES string of the molecule is O=C(Cn1c(CNC(=O)C2CC2)nc2ccccc21)Nc1ccc(Br)cc1. The summed E-state index contributed by atoms with van der Waals surface area (Å²) >= 11 is 3.38. The van der Waals surface area contributed by atoms with E-state index in [1.807, 2.05) is 53.1 Å². The zero-order chi connectivity index (χ0) is 18.8. The van der Waals surface area contributed by atoms with Crippen LogP contribution in [-0.4, -0.2) is 21.4 Å². The number of hydrogen-bond acceptors (Lipinski definition) is 3. The van der Waals surface area contributed by atoms with Crippen LogP contribution in [0.4, 0.5) is 5.69 Å². The Labute approximate surface area is 165 Å². The molecule has 1 fully saturated rings. The maximum atomic E-state index is 12.6. The number of halogens is 1. The molecular weight excluding hydrogens is 408 g/mol. The first kappa shape index (κ1) is 17.7. The second kappa shape index (κ2) is 7.52. The van der Waals surface area contributed by atoms with Crippen molar-refractivity contribution in [1.82, 2.24) is 14.9 Å². The third kappa shape index (κ3) is 4.19. The van der Waals surface area contributed by atoms with Crippen molar-refractivity contribution < 1.29 is 9.59 Å². The molecule has 0 saturated heterocycles. The molecule has 1 saturated carbocycles. The predicted octanol–water partition coefficient (Wildman–Crippen LogP) is 3.46. The van der Waals surface area contributed by atoms with Gasteiger partial charge in [-0.25, -0.2) is 4.98 Å². The standard InChI is InChI=1S/C20H19BrN4O2/c21-14-7-9-15(10-8-14)23-19(26)12-25-17-4-2-1-3-16(17)24-18(25)11-22-20(27)13-5-6-13/h1-4,7-10,13H,5-6,11-12H2,(H,22,27)(H,23,26). The molecule has 1 aliphatic rings. The molecular formula is C20H19BrN4O2. The third-order valence-corrected chi connectivity index (χ3v) is 5.06. The smallest absolute Gasteiger partial charge is 0.244 e. The summed E-state index contributed by atoms with van der Waals surface area (Å²) in [5.74, 6) is 0.739. The number of benzene rings is 2. The van der Waals surface area contributed by atoms with Gasteiger partial charge in [0.05, 0.1) is 17.6 Å². The molecule has 2 amide bonds. The topological polar surface area (TPSA) is 76.0 Å². The lowest BCUT2D eigenvalue weighted by atomic mass is 10.3. The number of hydrogen-bond donors (Lipinski definition) is 2. The van der Waals surface area contributed by atoms with Crippen LogP contribution in [0.15, 0.2) is 53.0 Å². The lowest BCUT2D eigenvalue weighted by Crippen LogP contribution is -2.27.